The molecule has 0 amide bonds. The van der Waals surface area contributed by atoms with E-state index in [0.717, 1.165) is 36.9 Å². The van der Waals surface area contributed by atoms with Crippen LogP contribution in [-0.2, 0) is 6.54 Å². The molecular weight excluding hydrogens is 427 g/mol. The lowest BCUT2D eigenvalue weighted by molar-refractivity contribution is 0.265. The van der Waals surface area contributed by atoms with Gasteiger partial charge in [-0.15, -0.1) is 24.0 Å². The molecule has 1 aromatic rings. The van der Waals surface area contributed by atoms with Crippen molar-refractivity contribution in [1.82, 2.24) is 15.5 Å². The van der Waals surface area contributed by atoms with E-state index in [1.165, 1.54) is 0 Å². The van der Waals surface area contributed by atoms with Gasteiger partial charge in [0, 0.05) is 37.3 Å². The van der Waals surface area contributed by atoms with Crippen molar-refractivity contribution in [3.8, 4) is 5.75 Å². The van der Waals surface area contributed by atoms with Crippen molar-refractivity contribution in [2.75, 3.05) is 26.7 Å². The van der Waals surface area contributed by atoms with Crippen molar-refractivity contribution in [2.24, 2.45) is 10.9 Å². The van der Waals surface area contributed by atoms with Crippen LogP contribution in [0.4, 0.5) is 0 Å². The summed E-state index contributed by atoms with van der Waals surface area (Å²) in [4.78, 5) is 7.28. The second-order valence-electron chi connectivity index (χ2n) is 6.78. The largest absolute Gasteiger partial charge is 0.496 e. The van der Waals surface area contributed by atoms with Gasteiger partial charge in [0.05, 0.1) is 13.7 Å². The molecule has 0 aliphatic carbocycles. The number of ether oxygens (including phenoxy) is 1. The first-order valence-electron chi connectivity index (χ1n) is 8.95. The van der Waals surface area contributed by atoms with Gasteiger partial charge in [-0.05, 0) is 32.8 Å². The minimum Gasteiger partial charge on any atom is -0.496 e. The molecule has 1 aromatic carbocycles. The average molecular weight is 460 g/mol. The molecule has 0 aromatic heterocycles. The second kappa shape index (κ2) is 10.9. The Morgan fingerprint density at radius 2 is 2.04 bits per heavy atom. The Balaban J connectivity index is 0.00000312. The maximum Gasteiger partial charge on any atom is 0.191 e. The van der Waals surface area contributed by atoms with E-state index in [0.29, 0.717) is 24.5 Å². The summed E-state index contributed by atoms with van der Waals surface area (Å²) in [5.74, 6) is 2.38. The van der Waals surface area contributed by atoms with Gasteiger partial charge in [0.25, 0.3) is 0 Å². The molecule has 0 bridgehead atoms. The predicted molar refractivity (Wildman–Crippen MR) is 116 cm³/mol. The van der Waals surface area contributed by atoms with Crippen LogP contribution in [0.15, 0.2) is 29.3 Å². The van der Waals surface area contributed by atoms with E-state index in [4.69, 9.17) is 9.73 Å². The molecule has 0 saturated carbocycles. The smallest absolute Gasteiger partial charge is 0.191 e. The lowest BCUT2D eigenvalue weighted by Crippen LogP contribution is -2.46. The maximum absolute atomic E-state index is 5.41. The van der Waals surface area contributed by atoms with Crippen LogP contribution in [0.5, 0.6) is 5.75 Å². The molecule has 2 unspecified atom stereocenters. The van der Waals surface area contributed by atoms with Gasteiger partial charge in [0.2, 0.25) is 0 Å². The molecule has 2 N–H and O–H groups in total. The normalized spacial score (nSPS) is 21.1. The van der Waals surface area contributed by atoms with Crippen LogP contribution in [0.2, 0.25) is 0 Å². The maximum atomic E-state index is 5.41. The zero-order chi connectivity index (χ0) is 17.5. The van der Waals surface area contributed by atoms with E-state index in [1.54, 1.807) is 7.11 Å². The van der Waals surface area contributed by atoms with E-state index < -0.39 is 0 Å². The van der Waals surface area contributed by atoms with Crippen LogP contribution in [0.25, 0.3) is 0 Å². The fourth-order valence-corrected chi connectivity index (χ4v) is 3.11. The monoisotopic (exact) mass is 460 g/mol. The number of guanidine groups is 1. The van der Waals surface area contributed by atoms with Crippen molar-refractivity contribution in [2.45, 2.75) is 46.3 Å². The van der Waals surface area contributed by atoms with Crippen LogP contribution in [-0.4, -0.2) is 49.7 Å². The van der Waals surface area contributed by atoms with Crippen molar-refractivity contribution >= 4 is 29.9 Å². The molecule has 1 fully saturated rings. The number of rotatable bonds is 6. The minimum atomic E-state index is 0. The molecule has 0 radical (unpaired) electrons. The Hall–Kier alpha value is -1.02. The Labute approximate surface area is 169 Å². The summed E-state index contributed by atoms with van der Waals surface area (Å²) in [7, 11) is 1.70. The van der Waals surface area contributed by atoms with Crippen LogP contribution < -0.4 is 15.4 Å². The van der Waals surface area contributed by atoms with Crippen molar-refractivity contribution in [1.29, 1.82) is 0 Å². The van der Waals surface area contributed by atoms with E-state index in [-0.39, 0.29) is 24.0 Å². The molecule has 25 heavy (non-hydrogen) atoms. The molecule has 1 aliphatic heterocycles. The molecule has 2 rings (SSSR count). The van der Waals surface area contributed by atoms with Crippen molar-refractivity contribution < 1.29 is 4.74 Å². The van der Waals surface area contributed by atoms with Crippen LogP contribution in [0, 0.1) is 5.92 Å². The molecule has 1 saturated heterocycles. The van der Waals surface area contributed by atoms with E-state index in [9.17, 15) is 0 Å². The van der Waals surface area contributed by atoms with Crippen molar-refractivity contribution in [3.05, 3.63) is 29.8 Å². The van der Waals surface area contributed by atoms with Gasteiger partial charge < -0.3 is 15.4 Å². The molecule has 0 spiro atoms. The Morgan fingerprint density at radius 3 is 2.64 bits per heavy atom. The number of para-hydroxylation sites is 1. The summed E-state index contributed by atoms with van der Waals surface area (Å²) in [6, 6.07) is 9.06. The first-order chi connectivity index (χ1) is 11.5. The molecule has 142 valence electrons. The topological polar surface area (TPSA) is 48.9 Å². The number of hydrogen-bond donors (Lipinski definition) is 2. The summed E-state index contributed by atoms with van der Waals surface area (Å²) in [5, 5.41) is 6.98. The number of hydrogen-bond acceptors (Lipinski definition) is 3. The summed E-state index contributed by atoms with van der Waals surface area (Å²) in [6.07, 6.45) is 0. The molecule has 6 heteroatoms. The Morgan fingerprint density at radius 1 is 1.32 bits per heavy atom. The highest BCUT2D eigenvalue weighted by molar-refractivity contribution is 14.0. The molecular formula is C19H33IN4O. The van der Waals surface area contributed by atoms with Gasteiger partial charge in [-0.25, -0.2) is 4.99 Å². The number of benzene rings is 1. The van der Waals surface area contributed by atoms with E-state index >= 15 is 0 Å². The summed E-state index contributed by atoms with van der Waals surface area (Å²) >= 11 is 0. The fraction of sp³-hybridized carbons (Fsp3) is 0.632. The Kier molecular flexibility index (Phi) is 9.56. The van der Waals surface area contributed by atoms with Crippen LogP contribution in [0.1, 0.15) is 33.3 Å². The standard InChI is InChI=1S/C19H32N4O.HI/c1-6-20-19(21-11-16-9-7-8-10-18(16)24-5)22-17-13-23(14(2)3)12-15(17)4;/h7-10,14-15,17H,6,11-13H2,1-5H3,(H2,20,21,22);1H. The predicted octanol–water partition coefficient (Wildman–Crippen LogP) is 3.10. The number of likely N-dealkylation sites (tertiary alicyclic amines) is 1. The average Bonchev–Trinajstić information content (AvgIpc) is 2.94. The quantitative estimate of drug-likeness (QED) is 0.389. The number of methoxy groups -OCH3 is 1. The number of nitrogens with zero attached hydrogens (tertiary/aromatic N) is 2. The third-order valence-electron chi connectivity index (χ3n) is 4.64. The summed E-state index contributed by atoms with van der Waals surface area (Å²) in [6.45, 7) is 12.6. The highest BCUT2D eigenvalue weighted by Gasteiger charge is 2.31. The van der Waals surface area contributed by atoms with Gasteiger partial charge in [0.15, 0.2) is 5.96 Å². The highest BCUT2D eigenvalue weighted by Crippen LogP contribution is 2.19. The lowest BCUT2D eigenvalue weighted by Gasteiger charge is -2.22. The molecule has 2 atom stereocenters. The van der Waals surface area contributed by atoms with Gasteiger partial charge >= 0.3 is 0 Å². The SMILES string of the molecule is CCNC(=NCc1ccccc1OC)NC1CN(C(C)C)CC1C.I. The first-order valence-corrected chi connectivity index (χ1v) is 8.95. The zero-order valence-corrected chi connectivity index (χ0v) is 18.4. The molecule has 5 nitrogen and oxygen atoms in total. The number of nitrogens with one attached hydrogen (secondary N) is 2. The summed E-state index contributed by atoms with van der Waals surface area (Å²) in [5.41, 5.74) is 1.10. The lowest BCUT2D eigenvalue weighted by atomic mass is 10.1. The van der Waals surface area contributed by atoms with E-state index in [2.05, 4.69) is 49.3 Å². The van der Waals surface area contributed by atoms with Gasteiger partial charge in [0.1, 0.15) is 5.75 Å². The number of halogens is 1. The van der Waals surface area contributed by atoms with Crippen LogP contribution in [0.3, 0.4) is 0 Å². The first kappa shape index (κ1) is 22.0. The molecule has 1 aliphatic rings. The van der Waals surface area contributed by atoms with Crippen LogP contribution >= 0.6 is 24.0 Å². The minimum absolute atomic E-state index is 0. The third kappa shape index (κ3) is 6.33. The van der Waals surface area contributed by atoms with E-state index in [1.807, 2.05) is 18.2 Å². The number of aliphatic imine (C=N–C) groups is 1. The highest BCUT2D eigenvalue weighted by atomic mass is 127. The zero-order valence-electron chi connectivity index (χ0n) is 16.1. The van der Waals surface area contributed by atoms with Gasteiger partial charge in [-0.1, -0.05) is 25.1 Å². The summed E-state index contributed by atoms with van der Waals surface area (Å²) < 4.78 is 5.41. The molecule has 1 heterocycles. The van der Waals surface area contributed by atoms with Crippen molar-refractivity contribution in [3.63, 3.8) is 0 Å². The third-order valence-corrected chi connectivity index (χ3v) is 4.64. The fourth-order valence-electron chi connectivity index (χ4n) is 3.11. The van der Waals surface area contributed by atoms with Gasteiger partial charge in [-0.2, -0.15) is 0 Å². The van der Waals surface area contributed by atoms with Gasteiger partial charge in [-0.3, -0.25) is 4.90 Å². The second-order valence-corrected chi connectivity index (χ2v) is 6.78. The Bertz CT molecular complexity index is 550.